The SMILES string of the molecule is Clc1ccc(Br)c2cccc(Br)c12. The molecule has 0 aliphatic rings. The molecule has 0 aliphatic carbocycles. The molecule has 13 heavy (non-hydrogen) atoms. The Morgan fingerprint density at radius 3 is 2.38 bits per heavy atom. The predicted molar refractivity (Wildman–Crippen MR) is 64.4 cm³/mol. The summed E-state index contributed by atoms with van der Waals surface area (Å²) < 4.78 is 2.09. The van der Waals surface area contributed by atoms with E-state index in [2.05, 4.69) is 31.9 Å². The molecule has 0 aromatic heterocycles. The molecule has 0 amide bonds. The fourth-order valence-corrected chi connectivity index (χ4v) is 2.71. The summed E-state index contributed by atoms with van der Waals surface area (Å²) in [6.07, 6.45) is 0. The van der Waals surface area contributed by atoms with Crippen molar-refractivity contribution in [1.29, 1.82) is 0 Å². The molecule has 2 rings (SSSR count). The molecule has 0 unspecified atom stereocenters. The van der Waals surface area contributed by atoms with Gasteiger partial charge >= 0.3 is 0 Å². The van der Waals surface area contributed by atoms with Gasteiger partial charge in [0.2, 0.25) is 0 Å². The van der Waals surface area contributed by atoms with Gasteiger partial charge in [-0.15, -0.1) is 0 Å². The Kier molecular flexibility index (Phi) is 2.63. The highest BCUT2D eigenvalue weighted by Gasteiger charge is 2.05. The van der Waals surface area contributed by atoms with Crippen molar-refractivity contribution < 1.29 is 0 Å². The molecule has 0 nitrogen and oxygen atoms in total. The highest BCUT2D eigenvalue weighted by atomic mass is 79.9. The van der Waals surface area contributed by atoms with Gasteiger partial charge in [0.1, 0.15) is 0 Å². The number of hydrogen-bond donors (Lipinski definition) is 0. The van der Waals surface area contributed by atoms with E-state index in [1.807, 2.05) is 30.3 Å². The second-order valence-corrected chi connectivity index (χ2v) is 4.81. The van der Waals surface area contributed by atoms with Gasteiger partial charge in [0, 0.05) is 19.4 Å². The van der Waals surface area contributed by atoms with Crippen LogP contribution in [0.4, 0.5) is 0 Å². The summed E-state index contributed by atoms with van der Waals surface area (Å²) in [5, 5.41) is 2.95. The van der Waals surface area contributed by atoms with Crippen LogP contribution in [0.5, 0.6) is 0 Å². The van der Waals surface area contributed by atoms with E-state index in [4.69, 9.17) is 11.6 Å². The fourth-order valence-electron chi connectivity index (χ4n) is 1.29. The van der Waals surface area contributed by atoms with Gasteiger partial charge in [-0.3, -0.25) is 0 Å². The molecule has 0 bridgehead atoms. The molecule has 0 heterocycles. The van der Waals surface area contributed by atoms with Crippen LogP contribution in [0, 0.1) is 0 Å². The maximum atomic E-state index is 6.08. The zero-order chi connectivity index (χ0) is 9.42. The first-order chi connectivity index (χ1) is 6.20. The number of hydrogen-bond acceptors (Lipinski definition) is 0. The normalized spacial score (nSPS) is 10.7. The number of halogens is 3. The van der Waals surface area contributed by atoms with Crippen LogP contribution in [0.2, 0.25) is 5.02 Å². The fraction of sp³-hybridized carbons (Fsp3) is 0. The molecule has 0 saturated carbocycles. The first-order valence-corrected chi connectivity index (χ1v) is 5.69. The molecular formula is C10H5Br2Cl. The summed E-state index contributed by atoms with van der Waals surface area (Å²) in [7, 11) is 0. The van der Waals surface area contributed by atoms with Crippen molar-refractivity contribution in [2.75, 3.05) is 0 Å². The van der Waals surface area contributed by atoms with Crippen molar-refractivity contribution in [2.24, 2.45) is 0 Å². The zero-order valence-electron chi connectivity index (χ0n) is 6.52. The smallest absolute Gasteiger partial charge is 0.0496 e. The molecule has 0 spiro atoms. The molecule has 2 aromatic carbocycles. The lowest BCUT2D eigenvalue weighted by Crippen LogP contribution is -1.77. The van der Waals surface area contributed by atoms with Crippen molar-refractivity contribution in [3.05, 3.63) is 44.3 Å². The Hall–Kier alpha value is -0.0500. The standard InChI is InChI=1S/C10H5Br2Cl/c11-7-4-5-9(13)10-6(7)2-1-3-8(10)12/h1-5H. The largest absolute Gasteiger partial charge is 0.0836 e. The molecule has 0 atom stereocenters. The first-order valence-electron chi connectivity index (χ1n) is 3.72. The van der Waals surface area contributed by atoms with Crippen LogP contribution < -0.4 is 0 Å². The van der Waals surface area contributed by atoms with Crippen LogP contribution in [0.1, 0.15) is 0 Å². The van der Waals surface area contributed by atoms with Crippen LogP contribution in [0.3, 0.4) is 0 Å². The van der Waals surface area contributed by atoms with E-state index in [0.717, 1.165) is 24.7 Å². The quantitative estimate of drug-likeness (QED) is 0.639. The lowest BCUT2D eigenvalue weighted by Gasteiger charge is -2.04. The Morgan fingerprint density at radius 1 is 0.923 bits per heavy atom. The zero-order valence-corrected chi connectivity index (χ0v) is 10.4. The van der Waals surface area contributed by atoms with E-state index >= 15 is 0 Å². The minimum absolute atomic E-state index is 0.769. The Balaban J connectivity index is 3.00. The Labute approximate surface area is 98.2 Å². The Bertz CT molecular complexity index is 457. The minimum atomic E-state index is 0.769. The average Bonchev–Trinajstić information content (AvgIpc) is 2.12. The third-order valence-corrected chi connectivity index (χ3v) is 3.55. The maximum Gasteiger partial charge on any atom is 0.0496 e. The van der Waals surface area contributed by atoms with E-state index in [1.165, 1.54) is 0 Å². The molecule has 3 heteroatoms. The summed E-state index contributed by atoms with van der Waals surface area (Å²) >= 11 is 13.0. The summed E-state index contributed by atoms with van der Waals surface area (Å²) in [6.45, 7) is 0. The first kappa shape index (κ1) is 9.50. The number of benzene rings is 2. The van der Waals surface area contributed by atoms with Crippen molar-refractivity contribution in [2.45, 2.75) is 0 Å². The second kappa shape index (κ2) is 3.60. The van der Waals surface area contributed by atoms with Gasteiger partial charge in [-0.2, -0.15) is 0 Å². The van der Waals surface area contributed by atoms with Crippen molar-refractivity contribution in [3.8, 4) is 0 Å². The summed E-state index contributed by atoms with van der Waals surface area (Å²) in [5.41, 5.74) is 0. The summed E-state index contributed by atoms with van der Waals surface area (Å²) in [4.78, 5) is 0. The monoisotopic (exact) mass is 318 g/mol. The van der Waals surface area contributed by atoms with Crippen molar-refractivity contribution >= 4 is 54.2 Å². The Morgan fingerprint density at radius 2 is 1.69 bits per heavy atom. The van der Waals surface area contributed by atoms with Gasteiger partial charge in [0.05, 0.1) is 0 Å². The van der Waals surface area contributed by atoms with Crippen LogP contribution in [0.15, 0.2) is 39.3 Å². The number of rotatable bonds is 0. The summed E-state index contributed by atoms with van der Waals surface area (Å²) in [5.74, 6) is 0. The topological polar surface area (TPSA) is 0 Å². The van der Waals surface area contributed by atoms with Crippen molar-refractivity contribution in [1.82, 2.24) is 0 Å². The van der Waals surface area contributed by atoms with E-state index in [-0.39, 0.29) is 0 Å². The molecule has 0 fully saturated rings. The molecule has 66 valence electrons. The van der Waals surface area contributed by atoms with E-state index in [0.29, 0.717) is 0 Å². The van der Waals surface area contributed by atoms with Gasteiger partial charge in [-0.1, -0.05) is 55.6 Å². The number of fused-ring (bicyclic) bond motifs is 1. The molecule has 0 radical (unpaired) electrons. The molecule has 2 aromatic rings. The van der Waals surface area contributed by atoms with Gasteiger partial charge in [0.15, 0.2) is 0 Å². The second-order valence-electron chi connectivity index (χ2n) is 2.69. The third-order valence-electron chi connectivity index (χ3n) is 1.89. The third kappa shape index (κ3) is 1.63. The maximum absolute atomic E-state index is 6.08. The van der Waals surface area contributed by atoms with Crippen LogP contribution >= 0.6 is 43.5 Å². The predicted octanol–water partition coefficient (Wildman–Crippen LogP) is 5.02. The van der Waals surface area contributed by atoms with Crippen LogP contribution in [-0.4, -0.2) is 0 Å². The lowest BCUT2D eigenvalue weighted by atomic mass is 10.1. The molecular weight excluding hydrogens is 315 g/mol. The van der Waals surface area contributed by atoms with Gasteiger partial charge < -0.3 is 0 Å². The van der Waals surface area contributed by atoms with Crippen molar-refractivity contribution in [3.63, 3.8) is 0 Å². The van der Waals surface area contributed by atoms with Crippen LogP contribution in [-0.2, 0) is 0 Å². The lowest BCUT2D eigenvalue weighted by molar-refractivity contribution is 1.68. The van der Waals surface area contributed by atoms with E-state index in [9.17, 15) is 0 Å². The van der Waals surface area contributed by atoms with Gasteiger partial charge in [-0.05, 0) is 23.6 Å². The van der Waals surface area contributed by atoms with E-state index in [1.54, 1.807) is 0 Å². The average molecular weight is 320 g/mol. The summed E-state index contributed by atoms with van der Waals surface area (Å²) in [6, 6.07) is 9.86. The molecule has 0 N–H and O–H groups in total. The highest BCUT2D eigenvalue weighted by molar-refractivity contribution is 9.11. The minimum Gasteiger partial charge on any atom is -0.0836 e. The molecule has 0 saturated heterocycles. The van der Waals surface area contributed by atoms with Gasteiger partial charge in [0.25, 0.3) is 0 Å². The van der Waals surface area contributed by atoms with E-state index < -0.39 is 0 Å². The van der Waals surface area contributed by atoms with Gasteiger partial charge in [-0.25, -0.2) is 0 Å². The highest BCUT2D eigenvalue weighted by Crippen LogP contribution is 2.34. The van der Waals surface area contributed by atoms with Crippen LogP contribution in [0.25, 0.3) is 10.8 Å². The molecule has 0 aliphatic heterocycles.